The van der Waals surface area contributed by atoms with Gasteiger partial charge in [0.15, 0.2) is 0 Å². The summed E-state index contributed by atoms with van der Waals surface area (Å²) in [4.78, 5) is 17.2. The molecule has 1 aliphatic carbocycles. The lowest BCUT2D eigenvalue weighted by molar-refractivity contribution is -0.934. The molecule has 2 aliphatic heterocycles. The second kappa shape index (κ2) is 9.43. The monoisotopic (exact) mass is 383 g/mol. The van der Waals surface area contributed by atoms with Crippen LogP contribution in [0.15, 0.2) is 30.3 Å². The SMILES string of the molecule is C[C@@H]1CCC[C@@H]([NH+]2CCC[C@H](C(=O)N3CCC(Cc4ccccc4)CC3)C2)C1. The highest BCUT2D eigenvalue weighted by molar-refractivity contribution is 5.79. The van der Waals surface area contributed by atoms with Crippen molar-refractivity contribution in [1.82, 2.24) is 4.90 Å². The summed E-state index contributed by atoms with van der Waals surface area (Å²) < 4.78 is 0. The zero-order chi connectivity index (χ0) is 19.3. The molecule has 0 aromatic heterocycles. The molecule has 3 fully saturated rings. The molecule has 0 radical (unpaired) electrons. The number of rotatable bonds is 4. The van der Waals surface area contributed by atoms with Gasteiger partial charge in [-0.3, -0.25) is 4.79 Å². The van der Waals surface area contributed by atoms with Crippen LogP contribution in [0.1, 0.15) is 63.9 Å². The quantitative estimate of drug-likeness (QED) is 0.847. The van der Waals surface area contributed by atoms with E-state index in [9.17, 15) is 4.79 Å². The molecule has 3 heteroatoms. The molecule has 4 atom stereocenters. The van der Waals surface area contributed by atoms with Gasteiger partial charge in [-0.1, -0.05) is 43.7 Å². The fraction of sp³-hybridized carbons (Fsp3) is 0.720. The standard InChI is InChI=1S/C25H38N2O/c1-20-7-5-11-24(17-20)27-14-6-10-23(19-27)25(28)26-15-12-22(13-16-26)18-21-8-3-2-4-9-21/h2-4,8-9,20,22-24H,5-7,10-19H2,1H3/p+1/t20-,23+,24-/m1/s1. The highest BCUT2D eigenvalue weighted by Gasteiger charge is 2.37. The lowest BCUT2D eigenvalue weighted by Gasteiger charge is -2.40. The predicted octanol–water partition coefficient (Wildman–Crippen LogP) is 3.34. The van der Waals surface area contributed by atoms with Gasteiger partial charge in [0.05, 0.1) is 25.0 Å². The Morgan fingerprint density at radius 1 is 1.04 bits per heavy atom. The molecule has 1 aromatic carbocycles. The van der Waals surface area contributed by atoms with Crippen molar-refractivity contribution in [1.29, 1.82) is 0 Å². The van der Waals surface area contributed by atoms with Gasteiger partial charge in [-0.05, 0) is 62.3 Å². The van der Waals surface area contributed by atoms with Gasteiger partial charge in [-0.15, -0.1) is 0 Å². The number of amides is 1. The van der Waals surface area contributed by atoms with Gasteiger partial charge < -0.3 is 9.80 Å². The summed E-state index contributed by atoms with van der Waals surface area (Å²) in [5, 5.41) is 0. The number of quaternary nitrogens is 1. The van der Waals surface area contributed by atoms with Crippen LogP contribution >= 0.6 is 0 Å². The summed E-state index contributed by atoms with van der Waals surface area (Å²) in [6.45, 7) is 6.75. The molecule has 1 amide bonds. The Labute approximate surface area is 171 Å². The van der Waals surface area contributed by atoms with E-state index in [1.54, 1.807) is 4.90 Å². The van der Waals surface area contributed by atoms with Crippen molar-refractivity contribution in [2.24, 2.45) is 17.8 Å². The predicted molar refractivity (Wildman–Crippen MR) is 114 cm³/mol. The van der Waals surface area contributed by atoms with Gasteiger partial charge in [0, 0.05) is 19.5 Å². The molecule has 3 nitrogen and oxygen atoms in total. The van der Waals surface area contributed by atoms with E-state index in [-0.39, 0.29) is 5.92 Å². The molecule has 1 N–H and O–H groups in total. The number of benzene rings is 1. The second-order valence-corrected chi connectivity index (χ2v) is 9.88. The summed E-state index contributed by atoms with van der Waals surface area (Å²) in [6, 6.07) is 11.7. The van der Waals surface area contributed by atoms with Crippen LogP contribution < -0.4 is 4.90 Å². The van der Waals surface area contributed by atoms with Gasteiger partial charge in [0.2, 0.25) is 5.91 Å². The van der Waals surface area contributed by atoms with Crippen LogP contribution in [0.5, 0.6) is 0 Å². The van der Waals surface area contributed by atoms with E-state index in [1.807, 2.05) is 0 Å². The number of hydrogen-bond donors (Lipinski definition) is 1. The summed E-state index contributed by atoms with van der Waals surface area (Å²) in [5.41, 5.74) is 1.44. The third-order valence-electron chi connectivity index (χ3n) is 7.72. The Bertz CT molecular complexity index is 623. The molecule has 4 rings (SSSR count). The van der Waals surface area contributed by atoms with Crippen LogP contribution in [-0.4, -0.2) is 43.0 Å². The first kappa shape index (κ1) is 19.9. The van der Waals surface area contributed by atoms with Crippen LogP contribution in [0, 0.1) is 17.8 Å². The fourth-order valence-corrected chi connectivity index (χ4v) is 6.05. The third-order valence-corrected chi connectivity index (χ3v) is 7.72. The first-order valence-corrected chi connectivity index (χ1v) is 11.9. The average Bonchev–Trinajstić information content (AvgIpc) is 2.75. The number of nitrogens with zero attached hydrogens (tertiary/aromatic N) is 1. The summed E-state index contributed by atoms with van der Waals surface area (Å²) in [6.07, 6.45) is 11.4. The summed E-state index contributed by atoms with van der Waals surface area (Å²) in [5.74, 6) is 2.38. The van der Waals surface area contributed by atoms with E-state index < -0.39 is 0 Å². The minimum Gasteiger partial charge on any atom is -0.342 e. The normalized spacial score (nSPS) is 32.2. The minimum absolute atomic E-state index is 0.284. The van der Waals surface area contributed by atoms with E-state index in [2.05, 4.69) is 42.2 Å². The van der Waals surface area contributed by atoms with E-state index in [0.29, 0.717) is 5.91 Å². The molecule has 0 bridgehead atoms. The van der Waals surface area contributed by atoms with Crippen molar-refractivity contribution in [3.8, 4) is 0 Å². The molecule has 1 aromatic rings. The number of carbonyl (C=O) groups excluding carboxylic acids is 1. The zero-order valence-electron chi connectivity index (χ0n) is 17.7. The number of hydrogen-bond acceptors (Lipinski definition) is 1. The summed E-state index contributed by atoms with van der Waals surface area (Å²) in [7, 11) is 0. The molecular formula is C25H39N2O+. The Kier molecular flexibility index (Phi) is 6.72. The van der Waals surface area contributed by atoms with Gasteiger partial charge in [0.1, 0.15) is 0 Å². The third kappa shape index (κ3) is 4.97. The highest BCUT2D eigenvalue weighted by atomic mass is 16.2. The number of piperidine rings is 2. The van der Waals surface area contributed by atoms with Crippen LogP contribution in [-0.2, 0) is 11.2 Å². The lowest BCUT2D eigenvalue weighted by Crippen LogP contribution is -3.17. The van der Waals surface area contributed by atoms with Crippen molar-refractivity contribution in [2.75, 3.05) is 26.2 Å². The number of nitrogens with one attached hydrogen (secondary N) is 1. The Hall–Kier alpha value is -1.35. The van der Waals surface area contributed by atoms with Gasteiger partial charge >= 0.3 is 0 Å². The Morgan fingerprint density at radius 2 is 1.82 bits per heavy atom. The molecule has 1 unspecified atom stereocenters. The number of likely N-dealkylation sites (tertiary alicyclic amines) is 2. The van der Waals surface area contributed by atoms with Gasteiger partial charge in [0.25, 0.3) is 0 Å². The van der Waals surface area contributed by atoms with Crippen LogP contribution in [0.25, 0.3) is 0 Å². The minimum atomic E-state index is 0.284. The van der Waals surface area contributed by atoms with Crippen molar-refractivity contribution >= 4 is 5.91 Å². The molecule has 3 aliphatic rings. The maximum absolute atomic E-state index is 13.2. The van der Waals surface area contributed by atoms with E-state index in [4.69, 9.17) is 0 Å². The molecule has 0 spiro atoms. The molecule has 28 heavy (non-hydrogen) atoms. The topological polar surface area (TPSA) is 24.8 Å². The van der Waals surface area contributed by atoms with Gasteiger partial charge in [-0.2, -0.15) is 0 Å². The molecule has 154 valence electrons. The van der Waals surface area contributed by atoms with Crippen LogP contribution in [0.3, 0.4) is 0 Å². The van der Waals surface area contributed by atoms with E-state index >= 15 is 0 Å². The molecule has 1 saturated carbocycles. The maximum atomic E-state index is 13.2. The first-order valence-electron chi connectivity index (χ1n) is 11.9. The zero-order valence-corrected chi connectivity index (χ0v) is 17.7. The fourth-order valence-electron chi connectivity index (χ4n) is 6.05. The van der Waals surface area contributed by atoms with Crippen molar-refractivity contribution < 1.29 is 9.69 Å². The molecule has 2 saturated heterocycles. The van der Waals surface area contributed by atoms with E-state index in [1.165, 1.54) is 63.5 Å². The smallest absolute Gasteiger partial charge is 0.231 e. The van der Waals surface area contributed by atoms with E-state index in [0.717, 1.165) is 43.9 Å². The van der Waals surface area contributed by atoms with Gasteiger partial charge in [-0.25, -0.2) is 0 Å². The Balaban J connectivity index is 1.26. The van der Waals surface area contributed by atoms with Crippen LogP contribution in [0.2, 0.25) is 0 Å². The Morgan fingerprint density at radius 3 is 2.57 bits per heavy atom. The summed E-state index contributed by atoms with van der Waals surface area (Å²) >= 11 is 0. The number of carbonyl (C=O) groups is 1. The molecular weight excluding hydrogens is 344 g/mol. The lowest BCUT2D eigenvalue weighted by atomic mass is 9.84. The second-order valence-electron chi connectivity index (χ2n) is 9.88. The van der Waals surface area contributed by atoms with Crippen molar-refractivity contribution in [2.45, 2.75) is 70.8 Å². The highest BCUT2D eigenvalue weighted by Crippen LogP contribution is 2.25. The van der Waals surface area contributed by atoms with Crippen LogP contribution in [0.4, 0.5) is 0 Å². The molecule has 2 heterocycles. The average molecular weight is 384 g/mol. The maximum Gasteiger partial charge on any atom is 0.231 e. The largest absolute Gasteiger partial charge is 0.342 e. The first-order chi connectivity index (χ1) is 13.7. The van der Waals surface area contributed by atoms with Crippen molar-refractivity contribution in [3.05, 3.63) is 35.9 Å². The van der Waals surface area contributed by atoms with Crippen molar-refractivity contribution in [3.63, 3.8) is 0 Å².